The second-order valence-electron chi connectivity index (χ2n) is 10.7. The Hall–Kier alpha value is -4.24. The van der Waals surface area contributed by atoms with Gasteiger partial charge in [-0.05, 0) is 96.3 Å². The number of nitrogens with zero attached hydrogens (tertiary/aromatic N) is 3. The van der Waals surface area contributed by atoms with Crippen LogP contribution in [0.2, 0.25) is 0 Å². The first kappa shape index (κ1) is 45.2. The average Bonchev–Trinajstić information content (AvgIpc) is 3.79. The SMILES string of the molecule is N#CCCCCC#N.N#CCCCCC(N)=O.N=C1CCCC1.NC(=O)CCCCC(N)=O.NC1=CCCC1.O=C1CCCC1. The zero-order valence-corrected chi connectivity index (χ0v) is 27.1. The number of amides is 3. The van der Waals surface area contributed by atoms with Gasteiger partial charge in [0.25, 0.3) is 0 Å². The number of carbonyl (C=O) groups is 4. The van der Waals surface area contributed by atoms with E-state index in [2.05, 4.69) is 6.08 Å². The molecule has 0 unspecified atom stereocenters. The molecule has 0 atom stereocenters. The molecular weight excluding hydrogens is 572 g/mol. The molecule has 2 saturated carbocycles. The number of nitrogens with one attached hydrogen (secondary N) is 1. The summed E-state index contributed by atoms with van der Waals surface area (Å²) in [7, 11) is 0. The van der Waals surface area contributed by atoms with Crippen molar-refractivity contribution in [2.24, 2.45) is 22.9 Å². The predicted octanol–water partition coefficient (Wildman–Crippen LogP) is 5.39. The Balaban J connectivity index is -0.000000475. The maximum absolute atomic E-state index is 10.2. The molecule has 0 aromatic heterocycles. The van der Waals surface area contributed by atoms with Gasteiger partial charge in [0.15, 0.2) is 0 Å². The van der Waals surface area contributed by atoms with Gasteiger partial charge in [-0.1, -0.05) is 6.08 Å². The minimum Gasteiger partial charge on any atom is -0.402 e. The van der Waals surface area contributed by atoms with Crippen molar-refractivity contribution in [3.8, 4) is 18.2 Å². The van der Waals surface area contributed by atoms with Crippen molar-refractivity contribution in [1.82, 2.24) is 0 Å². The monoisotopic (exact) mass is 628 g/mol. The van der Waals surface area contributed by atoms with Gasteiger partial charge in [0.05, 0.1) is 18.2 Å². The van der Waals surface area contributed by atoms with Crippen molar-refractivity contribution in [2.45, 2.75) is 148 Å². The van der Waals surface area contributed by atoms with Gasteiger partial charge in [-0.3, -0.25) is 19.2 Å². The van der Waals surface area contributed by atoms with Crippen molar-refractivity contribution < 1.29 is 19.2 Å². The van der Waals surface area contributed by atoms with Crippen LogP contribution >= 0.6 is 0 Å². The van der Waals surface area contributed by atoms with E-state index < -0.39 is 0 Å². The quantitative estimate of drug-likeness (QED) is 0.174. The molecule has 3 aliphatic rings. The molecule has 12 nitrogen and oxygen atoms in total. The van der Waals surface area contributed by atoms with E-state index in [0.29, 0.717) is 57.1 Å². The summed E-state index contributed by atoms with van der Waals surface area (Å²) in [6.07, 6.45) is 21.7. The van der Waals surface area contributed by atoms with Crippen LogP contribution in [0, 0.1) is 39.4 Å². The molecule has 3 aliphatic carbocycles. The van der Waals surface area contributed by atoms with E-state index in [1.165, 1.54) is 25.7 Å². The number of unbranched alkanes of at least 4 members (excludes halogenated alkanes) is 6. The number of carbonyl (C=O) groups excluding carboxylic acids is 4. The smallest absolute Gasteiger partial charge is 0.217 e. The summed E-state index contributed by atoms with van der Waals surface area (Å²) >= 11 is 0. The lowest BCUT2D eigenvalue weighted by molar-refractivity contribution is -0.119. The fourth-order valence-electron chi connectivity index (χ4n) is 3.78. The molecule has 2 fully saturated rings. The normalized spacial score (nSPS) is 13.8. The van der Waals surface area contributed by atoms with Crippen LogP contribution in [0.4, 0.5) is 0 Å². The lowest BCUT2D eigenvalue weighted by Gasteiger charge is -1.93. The van der Waals surface area contributed by atoms with Gasteiger partial charge in [0, 0.05) is 62.8 Å². The van der Waals surface area contributed by atoms with E-state index in [-0.39, 0.29) is 17.7 Å². The molecule has 12 heteroatoms. The number of rotatable bonds is 12. The number of nitrogens with two attached hydrogens (primary N) is 4. The molecule has 45 heavy (non-hydrogen) atoms. The number of hydrogen-bond donors (Lipinski definition) is 5. The molecule has 0 aromatic carbocycles. The van der Waals surface area contributed by atoms with E-state index in [9.17, 15) is 19.2 Å². The maximum atomic E-state index is 10.2. The number of nitriles is 3. The fourth-order valence-corrected chi connectivity index (χ4v) is 3.78. The number of primary amides is 3. The topological polar surface area (TPSA) is 268 Å². The second-order valence-corrected chi connectivity index (χ2v) is 10.7. The van der Waals surface area contributed by atoms with Crippen molar-refractivity contribution in [3.63, 3.8) is 0 Å². The van der Waals surface area contributed by atoms with E-state index in [0.717, 1.165) is 82.0 Å². The second kappa shape index (κ2) is 36.0. The summed E-state index contributed by atoms with van der Waals surface area (Å²) < 4.78 is 0. The minimum absolute atomic E-state index is 0.284. The summed E-state index contributed by atoms with van der Waals surface area (Å²) in [5, 5.41) is 31.2. The first-order chi connectivity index (χ1) is 21.5. The van der Waals surface area contributed by atoms with Gasteiger partial charge in [0.2, 0.25) is 17.7 Å². The maximum Gasteiger partial charge on any atom is 0.217 e. The minimum atomic E-state index is -0.329. The van der Waals surface area contributed by atoms with E-state index in [1.54, 1.807) is 0 Å². The number of Topliss-reactive ketones (excluding diaryl/α,β-unsaturated/α-hetero) is 1. The molecule has 0 aromatic rings. The number of allylic oxidation sites excluding steroid dienone is 2. The third-order valence-electron chi connectivity index (χ3n) is 6.33. The van der Waals surface area contributed by atoms with Crippen LogP contribution in [0.1, 0.15) is 148 Å². The molecule has 252 valence electrons. The van der Waals surface area contributed by atoms with Crippen molar-refractivity contribution in [3.05, 3.63) is 11.8 Å². The van der Waals surface area contributed by atoms with E-state index in [1.807, 2.05) is 18.2 Å². The predicted molar refractivity (Wildman–Crippen MR) is 176 cm³/mol. The van der Waals surface area contributed by atoms with Crippen LogP contribution in [0.15, 0.2) is 11.8 Å². The Bertz CT molecular complexity index is 922. The highest BCUT2D eigenvalue weighted by molar-refractivity contribution is 5.82. The lowest BCUT2D eigenvalue weighted by Crippen LogP contribution is -2.12. The first-order valence-corrected chi connectivity index (χ1v) is 16.0. The van der Waals surface area contributed by atoms with Crippen LogP contribution < -0.4 is 22.9 Å². The summed E-state index contributed by atoms with van der Waals surface area (Å²) in [5.41, 5.74) is 22.0. The lowest BCUT2D eigenvalue weighted by atomic mass is 10.2. The van der Waals surface area contributed by atoms with Gasteiger partial charge >= 0.3 is 0 Å². The molecule has 0 bridgehead atoms. The standard InChI is InChI=1S/C6H12N2O2.C6H10N2O.C6H8N2.2C5H9N.C5H8O/c7-5(9)3-1-2-4-6(8)10;7-5-3-1-2-4-6(8)9;7-5-3-1-2-4-6-8;3*6-5-3-1-2-4-5/h1-4H2,(H2,7,9)(H2,8,10);1-4H2,(H2,8,9);1-4H2;6H,1-4H2;3H,1-2,4,6H2;1-4H2. The van der Waals surface area contributed by atoms with Gasteiger partial charge in [-0.2, -0.15) is 15.8 Å². The molecule has 0 saturated heterocycles. The van der Waals surface area contributed by atoms with Crippen molar-refractivity contribution in [1.29, 1.82) is 21.2 Å². The Morgan fingerprint density at radius 2 is 0.978 bits per heavy atom. The largest absolute Gasteiger partial charge is 0.402 e. The zero-order valence-electron chi connectivity index (χ0n) is 27.1. The van der Waals surface area contributed by atoms with Gasteiger partial charge < -0.3 is 28.3 Å². The van der Waals surface area contributed by atoms with E-state index in [4.69, 9.17) is 44.1 Å². The molecule has 3 amide bonds. The molecule has 0 aliphatic heterocycles. The fraction of sp³-hybridized carbons (Fsp3) is 0.697. The van der Waals surface area contributed by atoms with Gasteiger partial charge in [0.1, 0.15) is 5.78 Å². The average molecular weight is 629 g/mol. The third kappa shape index (κ3) is 46.9. The Labute approximate surface area is 270 Å². The van der Waals surface area contributed by atoms with Crippen molar-refractivity contribution >= 4 is 29.2 Å². The highest BCUT2D eigenvalue weighted by atomic mass is 16.2. The van der Waals surface area contributed by atoms with Crippen LogP contribution in [-0.2, 0) is 19.2 Å². The van der Waals surface area contributed by atoms with Crippen LogP contribution in [0.3, 0.4) is 0 Å². The number of ketones is 1. The van der Waals surface area contributed by atoms with Crippen LogP contribution in [-0.4, -0.2) is 29.2 Å². The Morgan fingerprint density at radius 3 is 1.18 bits per heavy atom. The Morgan fingerprint density at radius 1 is 0.622 bits per heavy atom. The summed E-state index contributed by atoms with van der Waals surface area (Å²) in [5.74, 6) is -0.489. The molecule has 0 radical (unpaired) electrons. The molecular formula is C33H56N8O4. The number of hydrogen-bond acceptors (Lipinski definition) is 9. The Kier molecular flexibility index (Phi) is 36.1. The summed E-state index contributed by atoms with van der Waals surface area (Å²) in [6, 6.07) is 6.02. The van der Waals surface area contributed by atoms with Gasteiger partial charge in [-0.15, -0.1) is 0 Å². The zero-order chi connectivity index (χ0) is 34.6. The molecule has 0 spiro atoms. The van der Waals surface area contributed by atoms with Crippen LogP contribution in [0.25, 0.3) is 0 Å². The van der Waals surface area contributed by atoms with Crippen molar-refractivity contribution in [2.75, 3.05) is 0 Å². The highest BCUT2D eigenvalue weighted by Gasteiger charge is 2.07. The third-order valence-corrected chi connectivity index (χ3v) is 6.33. The van der Waals surface area contributed by atoms with Crippen LogP contribution in [0.5, 0.6) is 0 Å². The van der Waals surface area contributed by atoms with E-state index >= 15 is 0 Å². The highest BCUT2D eigenvalue weighted by Crippen LogP contribution is 2.12. The summed E-state index contributed by atoms with van der Waals surface area (Å²) in [4.78, 5) is 40.6. The molecule has 0 heterocycles. The molecule has 3 rings (SSSR count). The van der Waals surface area contributed by atoms with Gasteiger partial charge in [-0.25, -0.2) is 0 Å². The summed E-state index contributed by atoms with van der Waals surface area (Å²) in [6.45, 7) is 0. The molecule has 9 N–H and O–H groups in total. The first-order valence-electron chi connectivity index (χ1n) is 16.0.